The van der Waals surface area contributed by atoms with Gasteiger partial charge in [-0.25, -0.2) is 0 Å². The third kappa shape index (κ3) is 2.35. The van der Waals surface area contributed by atoms with Gasteiger partial charge in [0.1, 0.15) is 11.3 Å². The molecule has 0 fully saturated rings. The maximum atomic E-state index is 9.94. The van der Waals surface area contributed by atoms with Gasteiger partial charge in [0.05, 0.1) is 11.4 Å². The minimum Gasteiger partial charge on any atom is -0.506 e. The van der Waals surface area contributed by atoms with Gasteiger partial charge in [-0.3, -0.25) is 4.98 Å². The highest BCUT2D eigenvalue weighted by Gasteiger charge is 2.17. The Hall–Kier alpha value is -3.53. The number of phenols is 1. The summed E-state index contributed by atoms with van der Waals surface area (Å²) in [7, 11) is 0. The SMILES string of the molecule is Oc1ccc(N=Nc2ccc3c(c2)Cc2ccccc2-3)c2cccnc12. The molecule has 4 nitrogen and oxygen atoms in total. The molecule has 3 aromatic carbocycles. The Labute approximate surface area is 150 Å². The Balaban J connectivity index is 1.52. The van der Waals surface area contributed by atoms with Crippen LogP contribution in [-0.2, 0) is 6.42 Å². The summed E-state index contributed by atoms with van der Waals surface area (Å²) in [4.78, 5) is 4.21. The molecule has 5 rings (SSSR count). The predicted molar refractivity (Wildman–Crippen MR) is 102 cm³/mol. The maximum Gasteiger partial charge on any atom is 0.141 e. The van der Waals surface area contributed by atoms with E-state index in [1.807, 2.05) is 18.2 Å². The lowest BCUT2D eigenvalue weighted by Gasteiger charge is -2.03. The van der Waals surface area contributed by atoms with Gasteiger partial charge in [0, 0.05) is 11.6 Å². The first-order valence-electron chi connectivity index (χ1n) is 8.49. The van der Waals surface area contributed by atoms with Crippen molar-refractivity contribution in [3.05, 3.63) is 84.1 Å². The summed E-state index contributed by atoms with van der Waals surface area (Å²) >= 11 is 0. The summed E-state index contributed by atoms with van der Waals surface area (Å²) in [6.07, 6.45) is 2.59. The van der Waals surface area contributed by atoms with Crippen molar-refractivity contribution in [3.8, 4) is 16.9 Å². The fourth-order valence-electron chi connectivity index (χ4n) is 3.54. The quantitative estimate of drug-likeness (QED) is 0.406. The Kier molecular flexibility index (Phi) is 3.28. The molecule has 4 aromatic rings. The predicted octanol–water partition coefficient (Wildman–Crippen LogP) is 5.93. The zero-order chi connectivity index (χ0) is 17.5. The van der Waals surface area contributed by atoms with E-state index in [1.54, 1.807) is 18.3 Å². The van der Waals surface area contributed by atoms with Crippen LogP contribution in [0.15, 0.2) is 83.2 Å². The number of benzene rings is 3. The highest BCUT2D eigenvalue weighted by atomic mass is 16.3. The van der Waals surface area contributed by atoms with Crippen molar-refractivity contribution in [1.82, 2.24) is 4.98 Å². The normalized spacial score (nSPS) is 12.5. The zero-order valence-electron chi connectivity index (χ0n) is 13.9. The molecule has 4 heteroatoms. The topological polar surface area (TPSA) is 57.8 Å². The van der Waals surface area contributed by atoms with Crippen LogP contribution >= 0.6 is 0 Å². The molecule has 1 heterocycles. The van der Waals surface area contributed by atoms with E-state index >= 15 is 0 Å². The number of fused-ring (bicyclic) bond motifs is 4. The zero-order valence-corrected chi connectivity index (χ0v) is 13.9. The van der Waals surface area contributed by atoms with Gasteiger partial charge >= 0.3 is 0 Å². The second-order valence-electron chi connectivity index (χ2n) is 6.38. The molecule has 0 atom stereocenters. The minimum absolute atomic E-state index is 0.148. The number of azo groups is 1. The van der Waals surface area contributed by atoms with E-state index in [0.717, 1.165) is 17.5 Å². The Morgan fingerprint density at radius 1 is 0.808 bits per heavy atom. The lowest BCUT2D eigenvalue weighted by molar-refractivity contribution is 0.480. The molecule has 1 N–H and O–H groups in total. The van der Waals surface area contributed by atoms with Crippen LogP contribution in [-0.4, -0.2) is 10.1 Å². The lowest BCUT2D eigenvalue weighted by Crippen LogP contribution is -1.80. The van der Waals surface area contributed by atoms with Crippen molar-refractivity contribution >= 4 is 22.3 Å². The molecule has 1 aliphatic rings. The molecule has 1 aromatic heterocycles. The molecule has 124 valence electrons. The van der Waals surface area contributed by atoms with Gasteiger partial charge < -0.3 is 5.11 Å². The van der Waals surface area contributed by atoms with Gasteiger partial charge in [-0.1, -0.05) is 30.3 Å². The highest BCUT2D eigenvalue weighted by molar-refractivity contribution is 5.93. The van der Waals surface area contributed by atoms with E-state index in [1.165, 1.54) is 22.3 Å². The fraction of sp³-hybridized carbons (Fsp3) is 0.0455. The standard InChI is InChI=1S/C22H15N3O/c26-21-10-9-20(19-6-3-11-23-22(19)21)25-24-16-7-8-18-15(13-16)12-14-4-1-2-5-17(14)18/h1-11,13,26H,12H2. The van der Waals surface area contributed by atoms with Crippen LogP contribution in [0.25, 0.3) is 22.0 Å². The third-order valence-electron chi connectivity index (χ3n) is 4.78. The molecule has 0 spiro atoms. The summed E-state index contributed by atoms with van der Waals surface area (Å²) < 4.78 is 0. The van der Waals surface area contributed by atoms with E-state index in [4.69, 9.17) is 0 Å². The van der Waals surface area contributed by atoms with Crippen LogP contribution in [0.1, 0.15) is 11.1 Å². The molecule has 0 saturated carbocycles. The fourth-order valence-corrected chi connectivity index (χ4v) is 3.54. The largest absolute Gasteiger partial charge is 0.506 e. The minimum atomic E-state index is 0.148. The van der Waals surface area contributed by atoms with E-state index in [-0.39, 0.29) is 5.75 Å². The van der Waals surface area contributed by atoms with Crippen LogP contribution in [0.3, 0.4) is 0 Å². The second kappa shape index (κ2) is 5.77. The molecule has 0 radical (unpaired) electrons. The molecular weight excluding hydrogens is 322 g/mol. The number of phenolic OH excluding ortho intramolecular Hbond substituents is 1. The Morgan fingerprint density at radius 2 is 1.69 bits per heavy atom. The number of nitrogens with zero attached hydrogens (tertiary/aromatic N) is 3. The van der Waals surface area contributed by atoms with Crippen LogP contribution in [0.4, 0.5) is 11.4 Å². The first-order chi connectivity index (χ1) is 12.8. The Morgan fingerprint density at radius 3 is 2.65 bits per heavy atom. The van der Waals surface area contributed by atoms with Crippen LogP contribution in [0.5, 0.6) is 5.75 Å². The third-order valence-corrected chi connectivity index (χ3v) is 4.78. The van der Waals surface area contributed by atoms with Crippen LogP contribution < -0.4 is 0 Å². The van der Waals surface area contributed by atoms with E-state index < -0.39 is 0 Å². The van der Waals surface area contributed by atoms with Crippen molar-refractivity contribution in [2.45, 2.75) is 6.42 Å². The molecule has 0 aliphatic heterocycles. The van der Waals surface area contributed by atoms with Crippen molar-refractivity contribution < 1.29 is 5.11 Å². The lowest BCUT2D eigenvalue weighted by atomic mass is 10.1. The maximum absolute atomic E-state index is 9.94. The van der Waals surface area contributed by atoms with Crippen molar-refractivity contribution in [1.29, 1.82) is 0 Å². The number of aromatic nitrogens is 1. The van der Waals surface area contributed by atoms with Crippen LogP contribution in [0.2, 0.25) is 0 Å². The molecular formula is C22H15N3O. The Bertz CT molecular complexity index is 1180. The second-order valence-corrected chi connectivity index (χ2v) is 6.38. The number of aromatic hydroxyl groups is 1. The summed E-state index contributed by atoms with van der Waals surface area (Å²) in [6, 6.07) is 21.8. The van der Waals surface area contributed by atoms with Gasteiger partial charge in [0.15, 0.2) is 0 Å². The monoisotopic (exact) mass is 337 g/mol. The molecule has 0 unspecified atom stereocenters. The molecule has 0 bridgehead atoms. The van der Waals surface area contributed by atoms with E-state index in [0.29, 0.717) is 11.2 Å². The highest BCUT2D eigenvalue weighted by Crippen LogP contribution is 2.38. The van der Waals surface area contributed by atoms with Gasteiger partial charge in [-0.2, -0.15) is 5.11 Å². The average Bonchev–Trinajstić information content (AvgIpc) is 3.05. The average molecular weight is 337 g/mol. The number of hydrogen-bond acceptors (Lipinski definition) is 4. The van der Waals surface area contributed by atoms with Crippen molar-refractivity contribution in [2.24, 2.45) is 10.2 Å². The van der Waals surface area contributed by atoms with Crippen molar-refractivity contribution in [3.63, 3.8) is 0 Å². The summed E-state index contributed by atoms with van der Waals surface area (Å²) in [5.74, 6) is 0.148. The number of rotatable bonds is 2. The smallest absolute Gasteiger partial charge is 0.141 e. The van der Waals surface area contributed by atoms with Crippen molar-refractivity contribution in [2.75, 3.05) is 0 Å². The summed E-state index contributed by atoms with van der Waals surface area (Å²) in [6.45, 7) is 0. The first-order valence-corrected chi connectivity index (χ1v) is 8.49. The molecule has 1 aliphatic carbocycles. The molecule has 26 heavy (non-hydrogen) atoms. The van der Waals surface area contributed by atoms with Gasteiger partial charge in [0.25, 0.3) is 0 Å². The van der Waals surface area contributed by atoms with Gasteiger partial charge in [-0.05, 0) is 65.1 Å². The summed E-state index contributed by atoms with van der Waals surface area (Å²) in [5, 5.41) is 19.5. The molecule has 0 amide bonds. The number of pyridine rings is 1. The van der Waals surface area contributed by atoms with Crippen LogP contribution in [0, 0.1) is 0 Å². The first kappa shape index (κ1) is 14.8. The van der Waals surface area contributed by atoms with E-state index in [9.17, 15) is 5.11 Å². The van der Waals surface area contributed by atoms with Gasteiger partial charge in [-0.15, -0.1) is 5.11 Å². The summed E-state index contributed by atoms with van der Waals surface area (Å²) in [5.41, 5.74) is 7.26. The van der Waals surface area contributed by atoms with E-state index in [2.05, 4.69) is 51.6 Å². The van der Waals surface area contributed by atoms with Gasteiger partial charge in [0.2, 0.25) is 0 Å². The molecule has 0 saturated heterocycles. The number of hydrogen-bond donors (Lipinski definition) is 1.